The lowest BCUT2D eigenvalue weighted by atomic mass is 10.1. The van der Waals surface area contributed by atoms with Crippen molar-refractivity contribution >= 4 is 5.69 Å². The van der Waals surface area contributed by atoms with Gasteiger partial charge >= 0.3 is 0 Å². The van der Waals surface area contributed by atoms with Gasteiger partial charge in [-0.2, -0.15) is 5.10 Å². The first kappa shape index (κ1) is 13.4. The minimum Gasteiger partial charge on any atom is -0.369 e. The lowest BCUT2D eigenvalue weighted by Gasteiger charge is -2.30. The van der Waals surface area contributed by atoms with Crippen molar-refractivity contribution in [3.8, 4) is 0 Å². The van der Waals surface area contributed by atoms with Gasteiger partial charge in [-0.3, -0.25) is 4.68 Å². The Bertz CT molecular complexity index is 372. The van der Waals surface area contributed by atoms with Gasteiger partial charge in [-0.15, -0.1) is 0 Å². The van der Waals surface area contributed by atoms with Gasteiger partial charge in [0.1, 0.15) is 0 Å². The van der Waals surface area contributed by atoms with Gasteiger partial charge in [0.2, 0.25) is 0 Å². The molecule has 0 aromatic carbocycles. The number of aryl methyl sites for hydroxylation is 2. The van der Waals surface area contributed by atoms with Crippen LogP contribution in [0, 0.1) is 0 Å². The molecule has 0 spiro atoms. The zero-order valence-corrected chi connectivity index (χ0v) is 11.9. The third kappa shape index (κ3) is 3.05. The molecule has 102 valence electrons. The lowest BCUT2D eigenvalue weighted by molar-refractivity contribution is 0.439. The molecule has 1 unspecified atom stereocenters. The Balaban J connectivity index is 2.10. The van der Waals surface area contributed by atoms with E-state index in [0.29, 0.717) is 6.04 Å². The molecule has 0 amide bonds. The van der Waals surface area contributed by atoms with Crippen LogP contribution in [0.15, 0.2) is 6.20 Å². The Labute approximate surface area is 110 Å². The number of rotatable bonds is 3. The molecule has 1 aliphatic rings. The van der Waals surface area contributed by atoms with Crippen LogP contribution in [0.25, 0.3) is 0 Å². The van der Waals surface area contributed by atoms with Crippen LogP contribution in [0.1, 0.15) is 38.8 Å². The van der Waals surface area contributed by atoms with Gasteiger partial charge in [-0.1, -0.05) is 13.8 Å². The molecule has 1 atom stereocenters. The van der Waals surface area contributed by atoms with Crippen LogP contribution in [-0.4, -0.2) is 35.5 Å². The first-order valence-electron chi connectivity index (χ1n) is 7.25. The molecule has 0 saturated carbocycles. The van der Waals surface area contributed by atoms with E-state index >= 15 is 0 Å². The van der Waals surface area contributed by atoms with Gasteiger partial charge in [-0.05, 0) is 32.2 Å². The maximum Gasteiger partial charge on any atom is 0.0855 e. The summed E-state index contributed by atoms with van der Waals surface area (Å²) < 4.78 is 1.95. The van der Waals surface area contributed by atoms with Crippen LogP contribution >= 0.6 is 0 Å². The summed E-state index contributed by atoms with van der Waals surface area (Å²) in [7, 11) is 2.02. The van der Waals surface area contributed by atoms with E-state index in [9.17, 15) is 0 Å². The van der Waals surface area contributed by atoms with Gasteiger partial charge < -0.3 is 10.2 Å². The Kier molecular flexibility index (Phi) is 4.64. The molecule has 4 heteroatoms. The van der Waals surface area contributed by atoms with E-state index in [2.05, 4.69) is 35.4 Å². The molecular weight excluding hydrogens is 224 g/mol. The van der Waals surface area contributed by atoms with Crippen molar-refractivity contribution in [2.75, 3.05) is 24.5 Å². The second kappa shape index (κ2) is 6.23. The zero-order chi connectivity index (χ0) is 13.0. The normalized spacial score (nSPS) is 21.7. The van der Waals surface area contributed by atoms with Gasteiger partial charge in [0.25, 0.3) is 0 Å². The molecular formula is C14H26N4. The molecule has 0 bridgehead atoms. The molecule has 1 saturated heterocycles. The molecule has 2 rings (SSSR count). The molecule has 1 N–H and O–H groups in total. The van der Waals surface area contributed by atoms with Crippen molar-refractivity contribution in [1.82, 2.24) is 15.1 Å². The highest BCUT2D eigenvalue weighted by molar-refractivity contribution is 5.49. The first-order chi connectivity index (χ1) is 8.74. The van der Waals surface area contributed by atoms with E-state index in [1.807, 2.05) is 11.7 Å². The summed E-state index contributed by atoms with van der Waals surface area (Å²) in [5.74, 6) is 0. The summed E-state index contributed by atoms with van der Waals surface area (Å²) >= 11 is 0. The second-order valence-corrected chi connectivity index (χ2v) is 5.18. The van der Waals surface area contributed by atoms with Gasteiger partial charge in [0, 0.05) is 32.4 Å². The van der Waals surface area contributed by atoms with Crippen molar-refractivity contribution < 1.29 is 0 Å². The standard InChI is InChI=1S/C14H26N4/c1-4-12-7-10-18(9-6-8-15-12)14-11-17(3)16-13(14)5-2/h11-12,15H,4-10H2,1-3H3. The van der Waals surface area contributed by atoms with Crippen LogP contribution in [0.3, 0.4) is 0 Å². The molecule has 1 aliphatic heterocycles. The predicted octanol–water partition coefficient (Wildman–Crippen LogP) is 1.95. The van der Waals surface area contributed by atoms with Gasteiger partial charge in [0.15, 0.2) is 0 Å². The maximum atomic E-state index is 4.56. The van der Waals surface area contributed by atoms with Crippen LogP contribution < -0.4 is 10.2 Å². The maximum absolute atomic E-state index is 4.56. The summed E-state index contributed by atoms with van der Waals surface area (Å²) in [6, 6.07) is 0.676. The van der Waals surface area contributed by atoms with Crippen LogP contribution in [0.4, 0.5) is 5.69 Å². The van der Waals surface area contributed by atoms with Crippen molar-refractivity contribution in [2.24, 2.45) is 7.05 Å². The van der Waals surface area contributed by atoms with Crippen LogP contribution in [0.2, 0.25) is 0 Å². The Hall–Kier alpha value is -1.03. The molecule has 1 aromatic heterocycles. The zero-order valence-electron chi connectivity index (χ0n) is 11.9. The fourth-order valence-corrected chi connectivity index (χ4v) is 2.73. The Morgan fingerprint density at radius 2 is 2.22 bits per heavy atom. The number of anilines is 1. The molecule has 0 radical (unpaired) electrons. The van der Waals surface area contributed by atoms with E-state index in [1.165, 1.54) is 30.6 Å². The van der Waals surface area contributed by atoms with E-state index in [0.717, 1.165) is 26.1 Å². The highest BCUT2D eigenvalue weighted by Crippen LogP contribution is 2.21. The van der Waals surface area contributed by atoms with Crippen molar-refractivity contribution in [2.45, 2.75) is 45.6 Å². The summed E-state index contributed by atoms with van der Waals surface area (Å²) in [5.41, 5.74) is 2.58. The lowest BCUT2D eigenvalue weighted by Crippen LogP contribution is -2.39. The number of hydrogen-bond donors (Lipinski definition) is 1. The monoisotopic (exact) mass is 250 g/mol. The minimum atomic E-state index is 0.676. The smallest absolute Gasteiger partial charge is 0.0855 e. The Morgan fingerprint density at radius 3 is 2.94 bits per heavy atom. The van der Waals surface area contributed by atoms with Gasteiger partial charge in [-0.25, -0.2) is 0 Å². The van der Waals surface area contributed by atoms with Crippen molar-refractivity contribution in [3.05, 3.63) is 11.9 Å². The fraction of sp³-hybridized carbons (Fsp3) is 0.786. The highest BCUT2D eigenvalue weighted by Gasteiger charge is 2.17. The average Bonchev–Trinajstić information content (AvgIpc) is 2.71. The van der Waals surface area contributed by atoms with E-state index in [4.69, 9.17) is 0 Å². The molecule has 1 fully saturated rings. The fourth-order valence-electron chi connectivity index (χ4n) is 2.73. The SMILES string of the molecule is CCc1nn(C)cc1N1CCCNC(CC)CC1. The van der Waals surface area contributed by atoms with Gasteiger partial charge in [0.05, 0.1) is 11.4 Å². The van der Waals surface area contributed by atoms with E-state index in [1.54, 1.807) is 0 Å². The summed E-state index contributed by atoms with van der Waals surface area (Å²) in [6.07, 6.45) is 6.86. The molecule has 18 heavy (non-hydrogen) atoms. The third-order valence-corrected chi connectivity index (χ3v) is 3.84. The summed E-state index contributed by atoms with van der Waals surface area (Å²) in [5, 5.41) is 8.19. The largest absolute Gasteiger partial charge is 0.369 e. The van der Waals surface area contributed by atoms with Crippen LogP contribution in [-0.2, 0) is 13.5 Å². The number of nitrogens with one attached hydrogen (secondary N) is 1. The quantitative estimate of drug-likeness (QED) is 0.890. The molecule has 0 aliphatic carbocycles. The minimum absolute atomic E-state index is 0.676. The number of nitrogens with zero attached hydrogens (tertiary/aromatic N) is 3. The summed E-state index contributed by atoms with van der Waals surface area (Å²) in [4.78, 5) is 2.52. The predicted molar refractivity (Wildman–Crippen MR) is 76.1 cm³/mol. The second-order valence-electron chi connectivity index (χ2n) is 5.18. The van der Waals surface area contributed by atoms with Crippen LogP contribution in [0.5, 0.6) is 0 Å². The van der Waals surface area contributed by atoms with E-state index in [-0.39, 0.29) is 0 Å². The molecule has 1 aromatic rings. The molecule has 2 heterocycles. The average molecular weight is 250 g/mol. The van der Waals surface area contributed by atoms with Crippen molar-refractivity contribution in [1.29, 1.82) is 0 Å². The highest BCUT2D eigenvalue weighted by atomic mass is 15.3. The first-order valence-corrected chi connectivity index (χ1v) is 7.25. The topological polar surface area (TPSA) is 33.1 Å². The summed E-state index contributed by atoms with van der Waals surface area (Å²) in [6.45, 7) is 7.88. The van der Waals surface area contributed by atoms with Crippen molar-refractivity contribution in [3.63, 3.8) is 0 Å². The Morgan fingerprint density at radius 1 is 1.39 bits per heavy atom. The third-order valence-electron chi connectivity index (χ3n) is 3.84. The molecule has 4 nitrogen and oxygen atoms in total. The van der Waals surface area contributed by atoms with E-state index < -0.39 is 0 Å². The number of hydrogen-bond acceptors (Lipinski definition) is 3. The number of aromatic nitrogens is 2.